The fourth-order valence-corrected chi connectivity index (χ4v) is 2.61. The van der Waals surface area contributed by atoms with E-state index in [4.69, 9.17) is 5.73 Å². The first-order valence-corrected chi connectivity index (χ1v) is 6.83. The summed E-state index contributed by atoms with van der Waals surface area (Å²) in [5.41, 5.74) is 9.06. The monoisotopic (exact) mass is 261 g/mol. The number of amides is 1. The third-order valence-corrected chi connectivity index (χ3v) is 3.89. The van der Waals surface area contributed by atoms with E-state index in [1.807, 2.05) is 38.1 Å². The normalized spacial score (nSPS) is 22.3. The van der Waals surface area contributed by atoms with Gasteiger partial charge in [0.25, 0.3) is 0 Å². The summed E-state index contributed by atoms with van der Waals surface area (Å²) in [5.74, 6) is 0.0265. The summed E-state index contributed by atoms with van der Waals surface area (Å²) in [6, 6.07) is 6.06. The molecule has 3 N–H and O–H groups in total. The van der Waals surface area contributed by atoms with Gasteiger partial charge in [-0.25, -0.2) is 0 Å². The van der Waals surface area contributed by atoms with Crippen LogP contribution in [0.5, 0.6) is 0 Å². The Morgan fingerprint density at radius 3 is 2.63 bits per heavy atom. The standard InChI is InChI=1S/C15H23N3O/c1-10-9-11(18(2)3)7-8-14(10)17-15(19)12-5-4-6-13(12)16/h7-9,12-13H,4-6,16H2,1-3H3,(H,17,19). The summed E-state index contributed by atoms with van der Waals surface area (Å²) in [4.78, 5) is 14.2. The van der Waals surface area contributed by atoms with E-state index in [0.29, 0.717) is 0 Å². The van der Waals surface area contributed by atoms with Gasteiger partial charge in [0, 0.05) is 31.5 Å². The molecular formula is C15H23N3O. The molecule has 1 aliphatic carbocycles. The van der Waals surface area contributed by atoms with Gasteiger partial charge in [0.15, 0.2) is 0 Å². The quantitative estimate of drug-likeness (QED) is 0.876. The van der Waals surface area contributed by atoms with Gasteiger partial charge in [-0.3, -0.25) is 4.79 Å². The Hall–Kier alpha value is -1.55. The summed E-state index contributed by atoms with van der Waals surface area (Å²) in [6.07, 6.45) is 2.91. The Labute approximate surface area is 115 Å². The molecule has 1 aliphatic rings. The molecule has 4 heteroatoms. The zero-order valence-corrected chi connectivity index (χ0v) is 11.9. The van der Waals surface area contributed by atoms with Gasteiger partial charge in [0.1, 0.15) is 0 Å². The Morgan fingerprint density at radius 2 is 2.11 bits per heavy atom. The predicted molar refractivity (Wildman–Crippen MR) is 79.5 cm³/mol. The second-order valence-electron chi connectivity index (χ2n) is 5.58. The fraction of sp³-hybridized carbons (Fsp3) is 0.533. The second-order valence-corrected chi connectivity index (χ2v) is 5.58. The van der Waals surface area contributed by atoms with Gasteiger partial charge >= 0.3 is 0 Å². The van der Waals surface area contributed by atoms with Crippen LogP contribution >= 0.6 is 0 Å². The molecule has 0 saturated heterocycles. The molecule has 1 aromatic carbocycles. The summed E-state index contributed by atoms with van der Waals surface area (Å²) in [5, 5.41) is 3.01. The zero-order chi connectivity index (χ0) is 14.0. The number of carbonyl (C=O) groups excluding carboxylic acids is 1. The van der Waals surface area contributed by atoms with E-state index in [1.54, 1.807) is 0 Å². The van der Waals surface area contributed by atoms with E-state index >= 15 is 0 Å². The molecular weight excluding hydrogens is 238 g/mol. The predicted octanol–water partition coefficient (Wildman–Crippen LogP) is 2.13. The van der Waals surface area contributed by atoms with Crippen LogP contribution in [0.3, 0.4) is 0 Å². The van der Waals surface area contributed by atoms with Crippen molar-refractivity contribution in [1.29, 1.82) is 0 Å². The van der Waals surface area contributed by atoms with Crippen LogP contribution in [0.25, 0.3) is 0 Å². The van der Waals surface area contributed by atoms with Crippen molar-refractivity contribution in [3.63, 3.8) is 0 Å². The minimum absolute atomic E-state index is 0.0151. The smallest absolute Gasteiger partial charge is 0.229 e. The number of carbonyl (C=O) groups is 1. The maximum atomic E-state index is 12.2. The van der Waals surface area contributed by atoms with E-state index in [-0.39, 0.29) is 17.9 Å². The SMILES string of the molecule is Cc1cc(N(C)C)ccc1NC(=O)C1CCCC1N. The van der Waals surface area contributed by atoms with E-state index in [9.17, 15) is 4.79 Å². The maximum Gasteiger partial charge on any atom is 0.229 e. The molecule has 0 heterocycles. The van der Waals surface area contributed by atoms with E-state index in [0.717, 1.165) is 36.2 Å². The van der Waals surface area contributed by atoms with Crippen molar-refractivity contribution in [2.24, 2.45) is 11.7 Å². The minimum atomic E-state index is -0.0343. The molecule has 0 radical (unpaired) electrons. The molecule has 1 amide bonds. The molecule has 0 aromatic heterocycles. The van der Waals surface area contributed by atoms with Crippen LogP contribution in [-0.4, -0.2) is 26.0 Å². The topological polar surface area (TPSA) is 58.4 Å². The highest BCUT2D eigenvalue weighted by atomic mass is 16.1. The number of hydrogen-bond acceptors (Lipinski definition) is 3. The molecule has 1 saturated carbocycles. The first-order valence-electron chi connectivity index (χ1n) is 6.83. The average molecular weight is 261 g/mol. The Kier molecular flexibility index (Phi) is 4.10. The van der Waals surface area contributed by atoms with Crippen LogP contribution in [-0.2, 0) is 4.79 Å². The molecule has 0 bridgehead atoms. The Bertz CT molecular complexity index is 470. The van der Waals surface area contributed by atoms with E-state index < -0.39 is 0 Å². The van der Waals surface area contributed by atoms with Gasteiger partial charge in [-0.05, 0) is 43.5 Å². The Morgan fingerprint density at radius 1 is 1.37 bits per heavy atom. The van der Waals surface area contributed by atoms with Crippen molar-refractivity contribution in [3.8, 4) is 0 Å². The molecule has 2 unspecified atom stereocenters. The van der Waals surface area contributed by atoms with Crippen LogP contribution in [0.1, 0.15) is 24.8 Å². The lowest BCUT2D eigenvalue weighted by Crippen LogP contribution is -2.34. The first kappa shape index (κ1) is 13.9. The Balaban J connectivity index is 2.09. The van der Waals surface area contributed by atoms with Crippen molar-refractivity contribution < 1.29 is 4.79 Å². The number of anilines is 2. The summed E-state index contributed by atoms with van der Waals surface area (Å²) in [7, 11) is 4.01. The number of benzene rings is 1. The lowest BCUT2D eigenvalue weighted by molar-refractivity contribution is -0.120. The van der Waals surface area contributed by atoms with Crippen molar-refractivity contribution in [2.75, 3.05) is 24.3 Å². The van der Waals surface area contributed by atoms with Crippen LogP contribution in [0.15, 0.2) is 18.2 Å². The van der Waals surface area contributed by atoms with Gasteiger partial charge < -0.3 is 16.0 Å². The van der Waals surface area contributed by atoms with Crippen molar-refractivity contribution >= 4 is 17.3 Å². The molecule has 1 aromatic rings. The van der Waals surface area contributed by atoms with Gasteiger partial charge in [-0.1, -0.05) is 6.42 Å². The summed E-state index contributed by atoms with van der Waals surface area (Å²) in [6.45, 7) is 2.01. The first-order chi connectivity index (χ1) is 8.99. The third kappa shape index (κ3) is 3.07. The fourth-order valence-electron chi connectivity index (χ4n) is 2.61. The lowest BCUT2D eigenvalue weighted by atomic mass is 10.0. The molecule has 4 nitrogen and oxygen atoms in total. The van der Waals surface area contributed by atoms with Gasteiger partial charge in [-0.15, -0.1) is 0 Å². The zero-order valence-electron chi connectivity index (χ0n) is 11.9. The number of rotatable bonds is 3. The second kappa shape index (κ2) is 5.61. The molecule has 104 valence electrons. The van der Waals surface area contributed by atoms with Crippen molar-refractivity contribution in [3.05, 3.63) is 23.8 Å². The van der Waals surface area contributed by atoms with E-state index in [1.165, 1.54) is 0 Å². The number of nitrogens with one attached hydrogen (secondary N) is 1. The van der Waals surface area contributed by atoms with Crippen LogP contribution < -0.4 is 16.0 Å². The summed E-state index contributed by atoms with van der Waals surface area (Å²) < 4.78 is 0. The number of aryl methyl sites for hydroxylation is 1. The molecule has 19 heavy (non-hydrogen) atoms. The average Bonchev–Trinajstić information content (AvgIpc) is 2.77. The highest BCUT2D eigenvalue weighted by Crippen LogP contribution is 2.27. The highest BCUT2D eigenvalue weighted by molar-refractivity contribution is 5.94. The number of hydrogen-bond donors (Lipinski definition) is 2. The summed E-state index contributed by atoms with van der Waals surface area (Å²) >= 11 is 0. The van der Waals surface area contributed by atoms with Crippen molar-refractivity contribution in [1.82, 2.24) is 0 Å². The third-order valence-electron chi connectivity index (χ3n) is 3.89. The largest absolute Gasteiger partial charge is 0.378 e. The lowest BCUT2D eigenvalue weighted by Gasteiger charge is -2.18. The van der Waals surface area contributed by atoms with E-state index in [2.05, 4.69) is 11.4 Å². The number of nitrogens with zero attached hydrogens (tertiary/aromatic N) is 1. The minimum Gasteiger partial charge on any atom is -0.378 e. The highest BCUT2D eigenvalue weighted by Gasteiger charge is 2.30. The van der Waals surface area contributed by atoms with Crippen molar-refractivity contribution in [2.45, 2.75) is 32.2 Å². The van der Waals surface area contributed by atoms with Crippen LogP contribution in [0.4, 0.5) is 11.4 Å². The van der Waals surface area contributed by atoms with Gasteiger partial charge in [0.2, 0.25) is 5.91 Å². The molecule has 2 atom stereocenters. The van der Waals surface area contributed by atoms with Gasteiger partial charge in [-0.2, -0.15) is 0 Å². The maximum absolute atomic E-state index is 12.2. The van der Waals surface area contributed by atoms with Crippen LogP contribution in [0.2, 0.25) is 0 Å². The molecule has 1 fully saturated rings. The van der Waals surface area contributed by atoms with Crippen LogP contribution in [0, 0.1) is 12.8 Å². The molecule has 0 spiro atoms. The number of nitrogens with two attached hydrogens (primary N) is 1. The van der Waals surface area contributed by atoms with Gasteiger partial charge in [0.05, 0.1) is 5.92 Å². The molecule has 2 rings (SSSR count). The molecule has 0 aliphatic heterocycles.